The van der Waals surface area contributed by atoms with E-state index in [1.165, 1.54) is 0 Å². The number of nitriles is 1. The number of nitrogens with two attached hydrogens (primary N) is 1. The fourth-order valence-corrected chi connectivity index (χ4v) is 0.926. The van der Waals surface area contributed by atoms with Gasteiger partial charge in [0.05, 0.1) is 6.07 Å². The average molecular weight is 161 g/mol. The fraction of sp³-hybridized carbons (Fsp3) is 0.222. The number of nitrogens with zero attached hydrogens (tertiary/aromatic N) is 2. The minimum absolute atomic E-state index is 0.393. The van der Waals surface area contributed by atoms with E-state index < -0.39 is 0 Å². The minimum atomic E-state index is 0.393. The first-order valence-corrected chi connectivity index (χ1v) is 3.67. The summed E-state index contributed by atoms with van der Waals surface area (Å²) in [4.78, 5) is 1.86. The molecule has 1 aromatic carbocycles. The molecule has 0 unspecified atom stereocenters. The fourth-order valence-electron chi connectivity index (χ4n) is 0.926. The Morgan fingerprint density at radius 2 is 2.00 bits per heavy atom. The maximum atomic E-state index is 8.44. The van der Waals surface area contributed by atoms with Gasteiger partial charge in [-0.1, -0.05) is 0 Å². The summed E-state index contributed by atoms with van der Waals surface area (Å²) in [5.41, 5.74) is 7.26. The van der Waals surface area contributed by atoms with Crippen LogP contribution in [0.1, 0.15) is 0 Å². The second kappa shape index (κ2) is 3.63. The summed E-state index contributed by atoms with van der Waals surface area (Å²) in [5, 5.41) is 8.44. The monoisotopic (exact) mass is 161 g/mol. The van der Waals surface area contributed by atoms with Gasteiger partial charge in [0.1, 0.15) is 6.54 Å². The molecule has 0 bridgehead atoms. The number of nitrogen functional groups attached to an aromatic ring is 1. The smallest absolute Gasteiger partial charge is 0.105 e. The van der Waals surface area contributed by atoms with Crippen LogP contribution in [0.2, 0.25) is 0 Å². The van der Waals surface area contributed by atoms with Crippen molar-refractivity contribution in [2.45, 2.75) is 0 Å². The van der Waals surface area contributed by atoms with Crippen LogP contribution in [0.4, 0.5) is 11.4 Å². The first-order valence-electron chi connectivity index (χ1n) is 3.67. The molecule has 12 heavy (non-hydrogen) atoms. The highest BCUT2D eigenvalue weighted by atomic mass is 15.1. The molecule has 0 fully saturated rings. The molecule has 0 saturated carbocycles. The molecule has 0 spiro atoms. The second-order valence-electron chi connectivity index (χ2n) is 2.61. The van der Waals surface area contributed by atoms with E-state index in [1.54, 1.807) is 0 Å². The SMILES string of the molecule is CN(CC#N)c1ccc(N)cc1. The number of hydrogen-bond donors (Lipinski definition) is 1. The molecule has 0 atom stereocenters. The summed E-state index contributed by atoms with van der Waals surface area (Å²) in [6.45, 7) is 0.393. The van der Waals surface area contributed by atoms with E-state index >= 15 is 0 Å². The Balaban J connectivity index is 2.76. The van der Waals surface area contributed by atoms with Crippen molar-refractivity contribution >= 4 is 11.4 Å². The number of benzene rings is 1. The van der Waals surface area contributed by atoms with Gasteiger partial charge in [0.25, 0.3) is 0 Å². The zero-order valence-corrected chi connectivity index (χ0v) is 6.99. The van der Waals surface area contributed by atoms with E-state index in [9.17, 15) is 0 Å². The van der Waals surface area contributed by atoms with Crippen molar-refractivity contribution in [2.24, 2.45) is 0 Å². The summed E-state index contributed by atoms with van der Waals surface area (Å²) < 4.78 is 0. The summed E-state index contributed by atoms with van der Waals surface area (Å²) in [5.74, 6) is 0. The molecule has 0 saturated heterocycles. The van der Waals surface area contributed by atoms with Crippen molar-refractivity contribution in [1.82, 2.24) is 0 Å². The van der Waals surface area contributed by atoms with E-state index in [2.05, 4.69) is 6.07 Å². The molecule has 2 N–H and O–H groups in total. The third-order valence-electron chi connectivity index (χ3n) is 1.64. The van der Waals surface area contributed by atoms with Crippen LogP contribution in [0.15, 0.2) is 24.3 Å². The quantitative estimate of drug-likeness (QED) is 0.524. The predicted molar refractivity (Wildman–Crippen MR) is 49.7 cm³/mol. The Bertz CT molecular complexity index is 284. The van der Waals surface area contributed by atoms with Crippen LogP contribution in [0.5, 0.6) is 0 Å². The molecule has 3 nitrogen and oxygen atoms in total. The topological polar surface area (TPSA) is 53.0 Å². The lowest BCUT2D eigenvalue weighted by Crippen LogP contribution is -2.16. The normalized spacial score (nSPS) is 9.00. The lowest BCUT2D eigenvalue weighted by Gasteiger charge is -2.14. The lowest BCUT2D eigenvalue weighted by atomic mass is 10.2. The highest BCUT2D eigenvalue weighted by molar-refractivity contribution is 5.52. The third kappa shape index (κ3) is 1.89. The third-order valence-corrected chi connectivity index (χ3v) is 1.64. The van der Waals surface area contributed by atoms with Crippen molar-refractivity contribution in [3.8, 4) is 6.07 Å². The summed E-state index contributed by atoms with van der Waals surface area (Å²) in [6.07, 6.45) is 0. The van der Waals surface area contributed by atoms with Gasteiger partial charge in [-0.3, -0.25) is 0 Å². The Morgan fingerprint density at radius 3 is 2.50 bits per heavy atom. The second-order valence-corrected chi connectivity index (χ2v) is 2.61. The Labute approximate surface area is 72.0 Å². The molecule has 0 aliphatic rings. The van der Waals surface area contributed by atoms with Gasteiger partial charge < -0.3 is 10.6 Å². The summed E-state index contributed by atoms with van der Waals surface area (Å²) in [7, 11) is 1.87. The number of hydrogen-bond acceptors (Lipinski definition) is 3. The van der Waals surface area contributed by atoms with E-state index in [1.807, 2.05) is 36.2 Å². The maximum absolute atomic E-state index is 8.44. The van der Waals surface area contributed by atoms with Gasteiger partial charge in [-0.2, -0.15) is 5.26 Å². The first-order chi connectivity index (χ1) is 5.74. The Hall–Kier alpha value is -1.69. The number of anilines is 2. The standard InChI is InChI=1S/C9H11N3/c1-12(7-6-10)9-4-2-8(11)3-5-9/h2-5H,7,11H2,1H3. The van der Waals surface area contributed by atoms with Gasteiger partial charge in [0.15, 0.2) is 0 Å². The van der Waals surface area contributed by atoms with Crippen molar-refractivity contribution < 1.29 is 0 Å². The maximum Gasteiger partial charge on any atom is 0.105 e. The molecule has 0 aliphatic heterocycles. The largest absolute Gasteiger partial charge is 0.399 e. The van der Waals surface area contributed by atoms with Crippen LogP contribution in [0.25, 0.3) is 0 Å². The molecule has 0 radical (unpaired) electrons. The zero-order chi connectivity index (χ0) is 8.97. The predicted octanol–water partition coefficient (Wildman–Crippen LogP) is 1.23. The lowest BCUT2D eigenvalue weighted by molar-refractivity contribution is 1.04. The molecular weight excluding hydrogens is 150 g/mol. The molecule has 3 heteroatoms. The first kappa shape index (κ1) is 8.41. The molecule has 0 aromatic heterocycles. The minimum Gasteiger partial charge on any atom is -0.399 e. The zero-order valence-electron chi connectivity index (χ0n) is 6.99. The van der Waals surface area contributed by atoms with Crippen molar-refractivity contribution in [2.75, 3.05) is 24.2 Å². The van der Waals surface area contributed by atoms with E-state index in [0.717, 1.165) is 11.4 Å². The molecule has 1 aromatic rings. The summed E-state index contributed by atoms with van der Waals surface area (Å²) in [6, 6.07) is 9.51. The van der Waals surface area contributed by atoms with Gasteiger partial charge >= 0.3 is 0 Å². The van der Waals surface area contributed by atoms with Crippen molar-refractivity contribution in [1.29, 1.82) is 5.26 Å². The Morgan fingerprint density at radius 1 is 1.42 bits per heavy atom. The highest BCUT2D eigenvalue weighted by Gasteiger charge is 1.97. The summed E-state index contributed by atoms with van der Waals surface area (Å²) >= 11 is 0. The van der Waals surface area contributed by atoms with Crippen LogP contribution in [0, 0.1) is 11.3 Å². The van der Waals surface area contributed by atoms with Gasteiger partial charge in [0, 0.05) is 18.4 Å². The van der Waals surface area contributed by atoms with Gasteiger partial charge in [-0.25, -0.2) is 0 Å². The molecule has 62 valence electrons. The van der Waals surface area contributed by atoms with Gasteiger partial charge in [0.2, 0.25) is 0 Å². The van der Waals surface area contributed by atoms with E-state index in [0.29, 0.717) is 6.54 Å². The van der Waals surface area contributed by atoms with Crippen LogP contribution in [-0.4, -0.2) is 13.6 Å². The van der Waals surface area contributed by atoms with Crippen LogP contribution in [-0.2, 0) is 0 Å². The molecular formula is C9H11N3. The van der Waals surface area contributed by atoms with Crippen LogP contribution < -0.4 is 10.6 Å². The molecule has 0 amide bonds. The van der Waals surface area contributed by atoms with Crippen LogP contribution >= 0.6 is 0 Å². The van der Waals surface area contributed by atoms with Crippen molar-refractivity contribution in [3.63, 3.8) is 0 Å². The average Bonchev–Trinajstić information content (AvgIpc) is 2.06. The highest BCUT2D eigenvalue weighted by Crippen LogP contribution is 2.13. The van der Waals surface area contributed by atoms with Gasteiger partial charge in [-0.15, -0.1) is 0 Å². The number of rotatable bonds is 2. The van der Waals surface area contributed by atoms with Crippen LogP contribution in [0.3, 0.4) is 0 Å². The van der Waals surface area contributed by atoms with E-state index in [4.69, 9.17) is 11.0 Å². The molecule has 0 aliphatic carbocycles. The molecule has 1 rings (SSSR count). The molecule has 0 heterocycles. The van der Waals surface area contributed by atoms with Gasteiger partial charge in [-0.05, 0) is 24.3 Å². The van der Waals surface area contributed by atoms with E-state index in [-0.39, 0.29) is 0 Å². The van der Waals surface area contributed by atoms with Crippen molar-refractivity contribution in [3.05, 3.63) is 24.3 Å². The Kier molecular flexibility index (Phi) is 2.54.